The number of ether oxygens (including phenoxy) is 1. The first-order chi connectivity index (χ1) is 14.4. The average molecular weight is 449 g/mol. The van der Waals surface area contributed by atoms with Crippen LogP contribution in [0.2, 0.25) is 0 Å². The van der Waals surface area contributed by atoms with Gasteiger partial charge < -0.3 is 19.4 Å². The molecule has 2 fully saturated rings. The summed E-state index contributed by atoms with van der Waals surface area (Å²) >= 11 is 0. The molecule has 1 unspecified atom stereocenters. The molecule has 1 amide bonds. The fourth-order valence-electron chi connectivity index (χ4n) is 5.00. The summed E-state index contributed by atoms with van der Waals surface area (Å²) in [6, 6.07) is 5.39. The molecule has 31 heavy (non-hydrogen) atoms. The van der Waals surface area contributed by atoms with Crippen molar-refractivity contribution in [2.75, 3.05) is 26.2 Å². The molecule has 4 rings (SSSR count). The number of carbonyl (C=O) groups excluding carboxylic acids is 1. The highest BCUT2D eigenvalue weighted by Crippen LogP contribution is 2.39. The fraction of sp³-hybridized carbons (Fsp3) is 0.583. The van der Waals surface area contributed by atoms with Gasteiger partial charge in [-0.05, 0) is 75.7 Å². The number of likely N-dealkylation sites (tertiary alicyclic amines) is 1. The number of amides is 1. The number of piperidine rings is 1. The van der Waals surface area contributed by atoms with Gasteiger partial charge >= 0.3 is 5.63 Å². The summed E-state index contributed by atoms with van der Waals surface area (Å²) in [5.74, 6) is 0.627. The molecular weight excluding hydrogens is 416 g/mol. The van der Waals surface area contributed by atoms with Gasteiger partial charge in [-0.2, -0.15) is 0 Å². The molecule has 6 nitrogen and oxygen atoms in total. The molecule has 170 valence electrons. The third kappa shape index (κ3) is 4.75. The number of hydrogen-bond acceptors (Lipinski definition) is 5. The highest BCUT2D eigenvalue weighted by molar-refractivity contribution is 5.86. The first kappa shape index (κ1) is 23.6. The molecule has 0 aliphatic carbocycles. The van der Waals surface area contributed by atoms with E-state index in [0.717, 1.165) is 74.8 Å². The molecule has 2 saturated heterocycles. The van der Waals surface area contributed by atoms with Gasteiger partial charge in [-0.1, -0.05) is 13.3 Å². The van der Waals surface area contributed by atoms with Crippen LogP contribution >= 0.6 is 12.4 Å². The van der Waals surface area contributed by atoms with Crippen LogP contribution in [-0.4, -0.2) is 43.1 Å². The Labute approximate surface area is 189 Å². The van der Waals surface area contributed by atoms with Crippen molar-refractivity contribution in [2.45, 2.75) is 59.0 Å². The Hall–Kier alpha value is -2.05. The highest BCUT2D eigenvalue weighted by Gasteiger charge is 2.41. The number of carbonyl (C=O) groups is 1. The molecule has 1 atom stereocenters. The summed E-state index contributed by atoms with van der Waals surface area (Å²) < 4.78 is 11.6. The fourth-order valence-corrected chi connectivity index (χ4v) is 5.00. The summed E-state index contributed by atoms with van der Waals surface area (Å²) in [7, 11) is 0. The number of fused-ring (bicyclic) bond motifs is 1. The van der Waals surface area contributed by atoms with E-state index >= 15 is 0 Å². The standard InChI is InChI=1S/C24H32N2O4.ClH/c1-4-5-18-14-21(27)30-22-16(2)20(7-6-19(18)22)29-17(3)23(28)26-13-10-24(15-26)8-11-25-12-9-24;/h6-7,14,17,25H,4-5,8-13,15H2,1-3H3;1H. The second kappa shape index (κ2) is 9.61. The second-order valence-electron chi connectivity index (χ2n) is 8.93. The van der Waals surface area contributed by atoms with Crippen LogP contribution in [0.25, 0.3) is 11.0 Å². The van der Waals surface area contributed by atoms with Crippen LogP contribution in [0.4, 0.5) is 0 Å². The number of rotatable bonds is 5. The third-order valence-corrected chi connectivity index (χ3v) is 6.78. The smallest absolute Gasteiger partial charge is 0.336 e. The average Bonchev–Trinajstić information content (AvgIpc) is 3.13. The number of aryl methyl sites for hydroxylation is 2. The normalized spacial score (nSPS) is 18.7. The predicted molar refractivity (Wildman–Crippen MR) is 124 cm³/mol. The topological polar surface area (TPSA) is 71.8 Å². The van der Waals surface area contributed by atoms with Crippen molar-refractivity contribution in [3.05, 3.63) is 39.7 Å². The van der Waals surface area contributed by atoms with Crippen molar-refractivity contribution in [1.29, 1.82) is 0 Å². The van der Waals surface area contributed by atoms with Crippen LogP contribution < -0.4 is 15.7 Å². The molecule has 1 spiro atoms. The van der Waals surface area contributed by atoms with Gasteiger partial charge in [-0.3, -0.25) is 4.79 Å². The van der Waals surface area contributed by atoms with Gasteiger partial charge in [0.1, 0.15) is 11.3 Å². The minimum atomic E-state index is -0.580. The maximum absolute atomic E-state index is 13.1. The zero-order chi connectivity index (χ0) is 21.3. The molecule has 7 heteroatoms. The van der Waals surface area contributed by atoms with Gasteiger partial charge in [0, 0.05) is 30.1 Å². The van der Waals surface area contributed by atoms with Gasteiger partial charge in [0.05, 0.1) is 0 Å². The zero-order valence-electron chi connectivity index (χ0n) is 18.7. The van der Waals surface area contributed by atoms with Crippen LogP contribution in [0.3, 0.4) is 0 Å². The highest BCUT2D eigenvalue weighted by atomic mass is 35.5. The third-order valence-electron chi connectivity index (χ3n) is 6.78. The molecule has 2 aliphatic rings. The number of nitrogens with zero attached hydrogens (tertiary/aromatic N) is 1. The van der Waals surface area contributed by atoms with Crippen molar-refractivity contribution < 1.29 is 13.9 Å². The summed E-state index contributed by atoms with van der Waals surface area (Å²) in [5, 5.41) is 4.35. The molecule has 2 aromatic rings. The van der Waals surface area contributed by atoms with Crippen LogP contribution in [-0.2, 0) is 11.2 Å². The van der Waals surface area contributed by atoms with E-state index in [2.05, 4.69) is 12.2 Å². The molecule has 1 aromatic carbocycles. The molecule has 1 N–H and O–H groups in total. The van der Waals surface area contributed by atoms with E-state index in [1.54, 1.807) is 6.07 Å². The number of benzene rings is 1. The van der Waals surface area contributed by atoms with E-state index in [1.807, 2.05) is 30.9 Å². The zero-order valence-corrected chi connectivity index (χ0v) is 19.5. The van der Waals surface area contributed by atoms with E-state index in [0.29, 0.717) is 11.3 Å². The van der Waals surface area contributed by atoms with Gasteiger partial charge in [0.15, 0.2) is 6.10 Å². The first-order valence-corrected chi connectivity index (χ1v) is 11.1. The minimum absolute atomic E-state index is 0. The lowest BCUT2D eigenvalue weighted by Crippen LogP contribution is -2.43. The SMILES string of the molecule is CCCc1cc(=O)oc2c(C)c(OC(C)C(=O)N3CCC4(CCNCC4)C3)ccc12.Cl. The Morgan fingerprint density at radius 3 is 2.74 bits per heavy atom. The minimum Gasteiger partial charge on any atom is -0.480 e. The van der Waals surface area contributed by atoms with Gasteiger partial charge in [0.25, 0.3) is 5.91 Å². The van der Waals surface area contributed by atoms with Crippen molar-refractivity contribution in [3.63, 3.8) is 0 Å². The van der Waals surface area contributed by atoms with E-state index < -0.39 is 6.10 Å². The van der Waals surface area contributed by atoms with Gasteiger partial charge in [0.2, 0.25) is 0 Å². The number of halogens is 1. The molecule has 0 saturated carbocycles. The predicted octanol–water partition coefficient (Wildman–Crippen LogP) is 3.85. The van der Waals surface area contributed by atoms with Gasteiger partial charge in [-0.15, -0.1) is 12.4 Å². The number of hydrogen-bond donors (Lipinski definition) is 1. The van der Waals surface area contributed by atoms with E-state index in [4.69, 9.17) is 9.15 Å². The van der Waals surface area contributed by atoms with Crippen LogP contribution in [0, 0.1) is 12.3 Å². The second-order valence-corrected chi connectivity index (χ2v) is 8.93. The lowest BCUT2D eigenvalue weighted by Gasteiger charge is -2.34. The summed E-state index contributed by atoms with van der Waals surface area (Å²) in [6.07, 6.45) is 4.54. The van der Waals surface area contributed by atoms with Gasteiger partial charge in [-0.25, -0.2) is 4.79 Å². The summed E-state index contributed by atoms with van der Waals surface area (Å²) in [6.45, 7) is 9.48. The monoisotopic (exact) mass is 448 g/mol. The Bertz CT molecular complexity index is 997. The van der Waals surface area contributed by atoms with Crippen molar-refractivity contribution in [2.24, 2.45) is 5.41 Å². The van der Waals surface area contributed by atoms with Crippen LogP contribution in [0.5, 0.6) is 5.75 Å². The van der Waals surface area contributed by atoms with Crippen molar-refractivity contribution in [3.8, 4) is 5.75 Å². The lowest BCUT2D eigenvalue weighted by molar-refractivity contribution is -0.137. The van der Waals surface area contributed by atoms with E-state index in [-0.39, 0.29) is 29.4 Å². The molecule has 0 bridgehead atoms. The Balaban J connectivity index is 0.00000272. The maximum atomic E-state index is 13.1. The van der Waals surface area contributed by atoms with Crippen molar-refractivity contribution >= 4 is 29.3 Å². The van der Waals surface area contributed by atoms with E-state index in [1.165, 1.54) is 0 Å². The number of nitrogens with one attached hydrogen (secondary N) is 1. The lowest BCUT2D eigenvalue weighted by atomic mass is 9.78. The molecule has 2 aliphatic heterocycles. The van der Waals surface area contributed by atoms with Crippen molar-refractivity contribution in [1.82, 2.24) is 10.2 Å². The molecular formula is C24H33ClN2O4. The first-order valence-electron chi connectivity index (χ1n) is 11.1. The molecule has 1 aromatic heterocycles. The molecule has 3 heterocycles. The van der Waals surface area contributed by atoms with E-state index in [9.17, 15) is 9.59 Å². The maximum Gasteiger partial charge on any atom is 0.336 e. The van der Waals surface area contributed by atoms with Crippen LogP contribution in [0.15, 0.2) is 27.4 Å². The Morgan fingerprint density at radius 2 is 2.03 bits per heavy atom. The Morgan fingerprint density at radius 1 is 1.29 bits per heavy atom. The Kier molecular flexibility index (Phi) is 7.32. The quantitative estimate of drug-likeness (QED) is 0.703. The largest absolute Gasteiger partial charge is 0.480 e. The molecule has 0 radical (unpaired) electrons. The summed E-state index contributed by atoms with van der Waals surface area (Å²) in [4.78, 5) is 27.0. The summed E-state index contributed by atoms with van der Waals surface area (Å²) in [5.41, 5.74) is 2.24. The van der Waals surface area contributed by atoms with Crippen LogP contribution in [0.1, 0.15) is 50.7 Å².